The number of nitrogens with zero attached hydrogens (tertiary/aromatic N) is 2. The molecule has 7 nitrogen and oxygen atoms in total. The molecule has 2 atom stereocenters. The first-order valence-electron chi connectivity index (χ1n) is 8.41. The van der Waals surface area contributed by atoms with Gasteiger partial charge in [0.15, 0.2) is 6.61 Å². The molecule has 2 aromatic rings. The largest absolute Gasteiger partial charge is 0.466 e. The Morgan fingerprint density at radius 2 is 1.96 bits per heavy atom. The number of benzene rings is 1. The number of rotatable bonds is 5. The van der Waals surface area contributed by atoms with E-state index in [0.717, 1.165) is 0 Å². The van der Waals surface area contributed by atoms with Crippen molar-refractivity contribution in [2.45, 2.75) is 18.3 Å². The van der Waals surface area contributed by atoms with E-state index in [0.29, 0.717) is 17.2 Å². The van der Waals surface area contributed by atoms with Gasteiger partial charge in [0.05, 0.1) is 6.26 Å². The predicted octanol–water partition coefficient (Wildman–Crippen LogP) is 2.45. The van der Waals surface area contributed by atoms with Crippen LogP contribution in [0.15, 0.2) is 53.1 Å². The number of carbonyl (C=O) groups excluding carboxylic acids is 3. The SMILES string of the molecule is CC(=O)N1[C@H](C(=O)OCC(=O)N(C)c2ccccc2)CS[C@H]1c1ccco1. The van der Waals surface area contributed by atoms with Crippen molar-refractivity contribution < 1.29 is 23.5 Å². The fourth-order valence-corrected chi connectivity index (χ4v) is 4.26. The molecule has 0 unspecified atom stereocenters. The number of thioether (sulfide) groups is 1. The molecule has 2 amide bonds. The molecule has 1 aromatic carbocycles. The molecule has 8 heteroatoms. The van der Waals surface area contributed by atoms with E-state index in [1.165, 1.54) is 34.7 Å². The zero-order valence-corrected chi connectivity index (χ0v) is 15.8. The van der Waals surface area contributed by atoms with Crippen molar-refractivity contribution >= 4 is 35.2 Å². The lowest BCUT2D eigenvalue weighted by Gasteiger charge is -2.26. The van der Waals surface area contributed by atoms with Crippen LogP contribution in [-0.4, -0.2) is 48.1 Å². The summed E-state index contributed by atoms with van der Waals surface area (Å²) in [5.41, 5.74) is 0.707. The third kappa shape index (κ3) is 4.16. The van der Waals surface area contributed by atoms with Crippen LogP contribution in [0.1, 0.15) is 18.1 Å². The van der Waals surface area contributed by atoms with Crippen molar-refractivity contribution in [2.24, 2.45) is 0 Å². The normalized spacial score (nSPS) is 19.0. The number of likely N-dealkylation sites (N-methyl/N-ethyl adjacent to an activating group) is 1. The molecule has 142 valence electrons. The highest BCUT2D eigenvalue weighted by Crippen LogP contribution is 2.41. The Balaban J connectivity index is 1.62. The van der Waals surface area contributed by atoms with Crippen LogP contribution in [0.5, 0.6) is 0 Å². The number of ether oxygens (including phenoxy) is 1. The Morgan fingerprint density at radius 3 is 2.59 bits per heavy atom. The first-order valence-corrected chi connectivity index (χ1v) is 9.46. The Hall–Kier alpha value is -2.74. The molecule has 1 aromatic heterocycles. The van der Waals surface area contributed by atoms with Crippen LogP contribution in [0, 0.1) is 0 Å². The maximum atomic E-state index is 12.5. The standard InChI is InChI=1S/C19H20N2O5S/c1-13(22)21-15(12-27-18(21)16-9-6-10-25-16)19(24)26-11-17(23)20(2)14-7-4-3-5-8-14/h3-10,15,18H,11-12H2,1-2H3/t15-,18-/m0/s1. The Bertz CT molecular complexity index is 809. The minimum Gasteiger partial charge on any atom is -0.466 e. The van der Waals surface area contributed by atoms with E-state index >= 15 is 0 Å². The summed E-state index contributed by atoms with van der Waals surface area (Å²) in [6.07, 6.45) is 1.53. The van der Waals surface area contributed by atoms with Crippen molar-refractivity contribution in [3.8, 4) is 0 Å². The van der Waals surface area contributed by atoms with Crippen molar-refractivity contribution in [3.63, 3.8) is 0 Å². The summed E-state index contributed by atoms with van der Waals surface area (Å²) < 4.78 is 10.6. The quantitative estimate of drug-likeness (QED) is 0.732. The van der Waals surface area contributed by atoms with Crippen LogP contribution >= 0.6 is 11.8 Å². The van der Waals surface area contributed by atoms with E-state index < -0.39 is 12.0 Å². The van der Waals surface area contributed by atoms with Crippen LogP contribution in [0.4, 0.5) is 5.69 Å². The average Bonchev–Trinajstić information content (AvgIpc) is 3.35. The number of amides is 2. The molecule has 3 rings (SSSR count). The number of carbonyl (C=O) groups is 3. The second-order valence-electron chi connectivity index (χ2n) is 6.04. The van der Waals surface area contributed by atoms with Gasteiger partial charge in [-0.1, -0.05) is 18.2 Å². The molecule has 0 saturated carbocycles. The topological polar surface area (TPSA) is 80.1 Å². The molecule has 0 N–H and O–H groups in total. The number of esters is 1. The van der Waals surface area contributed by atoms with Gasteiger partial charge in [-0.25, -0.2) is 4.79 Å². The summed E-state index contributed by atoms with van der Waals surface area (Å²) in [6, 6.07) is 11.8. The van der Waals surface area contributed by atoms with Crippen molar-refractivity contribution in [1.82, 2.24) is 4.90 Å². The summed E-state index contributed by atoms with van der Waals surface area (Å²) in [7, 11) is 1.62. The lowest BCUT2D eigenvalue weighted by atomic mass is 10.2. The van der Waals surface area contributed by atoms with E-state index in [2.05, 4.69) is 0 Å². The second-order valence-corrected chi connectivity index (χ2v) is 7.15. The maximum absolute atomic E-state index is 12.5. The zero-order valence-electron chi connectivity index (χ0n) is 15.0. The van der Waals surface area contributed by atoms with Crippen LogP contribution in [0.25, 0.3) is 0 Å². The number of hydrogen-bond acceptors (Lipinski definition) is 6. The van der Waals surface area contributed by atoms with Crippen LogP contribution in [0.3, 0.4) is 0 Å². The van der Waals surface area contributed by atoms with Crippen molar-refractivity contribution in [1.29, 1.82) is 0 Å². The van der Waals surface area contributed by atoms with Gasteiger partial charge in [0.2, 0.25) is 5.91 Å². The molecule has 1 fully saturated rings. The van der Waals surface area contributed by atoms with Crippen molar-refractivity contribution in [2.75, 3.05) is 24.3 Å². The minimum absolute atomic E-state index is 0.254. The van der Waals surface area contributed by atoms with Gasteiger partial charge in [-0.05, 0) is 24.3 Å². The van der Waals surface area contributed by atoms with Crippen LogP contribution in [0.2, 0.25) is 0 Å². The molecular formula is C19H20N2O5S. The van der Waals surface area contributed by atoms with E-state index in [-0.39, 0.29) is 23.8 Å². The number of para-hydroxylation sites is 1. The summed E-state index contributed by atoms with van der Waals surface area (Å²) in [5.74, 6) is -0.216. The fourth-order valence-electron chi connectivity index (χ4n) is 2.84. The van der Waals surface area contributed by atoms with Crippen molar-refractivity contribution in [3.05, 3.63) is 54.5 Å². The molecule has 0 spiro atoms. The summed E-state index contributed by atoms with van der Waals surface area (Å²) >= 11 is 1.43. The van der Waals surface area contributed by atoms with E-state index in [4.69, 9.17) is 9.15 Å². The zero-order chi connectivity index (χ0) is 19.4. The molecule has 1 saturated heterocycles. The molecule has 0 bridgehead atoms. The minimum atomic E-state index is -0.752. The smallest absolute Gasteiger partial charge is 0.330 e. The van der Waals surface area contributed by atoms with E-state index in [9.17, 15) is 14.4 Å². The molecule has 1 aliphatic rings. The highest BCUT2D eigenvalue weighted by molar-refractivity contribution is 7.99. The number of hydrogen-bond donors (Lipinski definition) is 0. The third-order valence-corrected chi connectivity index (χ3v) is 5.56. The first kappa shape index (κ1) is 19.0. The number of anilines is 1. The van der Waals surface area contributed by atoms with Gasteiger partial charge in [-0.15, -0.1) is 11.8 Å². The lowest BCUT2D eigenvalue weighted by Crippen LogP contribution is -2.43. The van der Waals surface area contributed by atoms with Gasteiger partial charge in [0, 0.05) is 25.4 Å². The Morgan fingerprint density at radius 1 is 1.22 bits per heavy atom. The van der Waals surface area contributed by atoms with Gasteiger partial charge in [0.1, 0.15) is 17.2 Å². The molecule has 27 heavy (non-hydrogen) atoms. The highest BCUT2D eigenvalue weighted by Gasteiger charge is 2.43. The Labute approximate surface area is 161 Å². The maximum Gasteiger partial charge on any atom is 0.330 e. The summed E-state index contributed by atoms with van der Waals surface area (Å²) in [4.78, 5) is 39.7. The van der Waals surface area contributed by atoms with E-state index in [1.54, 1.807) is 31.3 Å². The fraction of sp³-hybridized carbons (Fsp3) is 0.316. The predicted molar refractivity (Wildman–Crippen MR) is 101 cm³/mol. The van der Waals surface area contributed by atoms with Gasteiger partial charge in [-0.3, -0.25) is 9.59 Å². The summed E-state index contributed by atoms with van der Waals surface area (Å²) in [6.45, 7) is 1.01. The van der Waals surface area contributed by atoms with Gasteiger partial charge >= 0.3 is 5.97 Å². The monoisotopic (exact) mass is 388 g/mol. The molecule has 0 radical (unpaired) electrons. The third-order valence-electron chi connectivity index (χ3n) is 4.28. The second kappa shape index (κ2) is 8.30. The average molecular weight is 388 g/mol. The van der Waals surface area contributed by atoms with E-state index in [1.807, 2.05) is 18.2 Å². The van der Waals surface area contributed by atoms with Gasteiger partial charge in [-0.2, -0.15) is 0 Å². The number of furan rings is 1. The summed E-state index contributed by atoms with van der Waals surface area (Å²) in [5, 5.41) is -0.377. The molecule has 0 aliphatic carbocycles. The Kier molecular flexibility index (Phi) is 5.85. The van der Waals surface area contributed by atoms with Crippen LogP contribution < -0.4 is 4.90 Å². The molecule has 1 aliphatic heterocycles. The molecular weight excluding hydrogens is 368 g/mol. The van der Waals surface area contributed by atoms with Gasteiger partial charge < -0.3 is 19.0 Å². The molecule has 2 heterocycles. The first-order chi connectivity index (χ1) is 13.0. The van der Waals surface area contributed by atoms with Crippen LogP contribution in [-0.2, 0) is 19.1 Å². The lowest BCUT2D eigenvalue weighted by molar-refractivity contribution is -0.155. The van der Waals surface area contributed by atoms with Gasteiger partial charge in [0.25, 0.3) is 5.91 Å². The highest BCUT2D eigenvalue weighted by atomic mass is 32.2.